The molecule has 1 amide bonds. The van der Waals surface area contributed by atoms with E-state index in [1.54, 1.807) is 24.3 Å². The lowest BCUT2D eigenvalue weighted by molar-refractivity contribution is -0.117. The Balaban J connectivity index is 1.76. The quantitative estimate of drug-likeness (QED) is 0.871. The highest BCUT2D eigenvalue weighted by Crippen LogP contribution is 2.32. The van der Waals surface area contributed by atoms with Crippen LogP contribution in [-0.4, -0.2) is 11.7 Å². The zero-order valence-electron chi connectivity index (χ0n) is 12.6. The van der Waals surface area contributed by atoms with Gasteiger partial charge in [-0.25, -0.2) is 0 Å². The number of nitrogens with one attached hydrogen (secondary N) is 1. The predicted octanol–water partition coefficient (Wildman–Crippen LogP) is 3.95. The van der Waals surface area contributed by atoms with Crippen LogP contribution in [0.5, 0.6) is 0 Å². The molecular formula is C19H19NO2. The molecule has 1 aliphatic carbocycles. The van der Waals surface area contributed by atoms with Gasteiger partial charge in [0, 0.05) is 11.3 Å². The minimum Gasteiger partial charge on any atom is -0.326 e. The van der Waals surface area contributed by atoms with Crippen molar-refractivity contribution >= 4 is 17.4 Å². The summed E-state index contributed by atoms with van der Waals surface area (Å²) in [5.74, 6) is -0.0285. The number of Topliss-reactive ketones (excluding diaryl/α,β-unsaturated/α-hetero) is 1. The topological polar surface area (TPSA) is 46.2 Å². The second-order valence-corrected chi connectivity index (χ2v) is 5.77. The van der Waals surface area contributed by atoms with Crippen LogP contribution in [0.1, 0.15) is 47.2 Å². The van der Waals surface area contributed by atoms with E-state index in [0.717, 1.165) is 30.5 Å². The lowest BCUT2D eigenvalue weighted by Gasteiger charge is -2.24. The van der Waals surface area contributed by atoms with Crippen LogP contribution in [0.4, 0.5) is 5.69 Å². The number of rotatable bonds is 3. The van der Waals surface area contributed by atoms with Crippen LogP contribution >= 0.6 is 0 Å². The average Bonchev–Trinajstić information content (AvgIpc) is 2.54. The zero-order chi connectivity index (χ0) is 15.5. The smallest absolute Gasteiger partial charge is 0.231 e. The summed E-state index contributed by atoms with van der Waals surface area (Å²) < 4.78 is 0. The first kappa shape index (κ1) is 14.5. The summed E-state index contributed by atoms with van der Waals surface area (Å²) in [5.41, 5.74) is 3.81. The molecule has 0 bridgehead atoms. The van der Waals surface area contributed by atoms with Crippen molar-refractivity contribution in [3.8, 4) is 0 Å². The normalized spacial score (nSPS) is 16.7. The molecular weight excluding hydrogens is 274 g/mol. The van der Waals surface area contributed by atoms with Gasteiger partial charge >= 0.3 is 0 Å². The fourth-order valence-corrected chi connectivity index (χ4v) is 3.04. The fraction of sp³-hybridized carbons (Fsp3) is 0.263. The number of aryl methyl sites for hydroxylation is 1. The highest BCUT2D eigenvalue weighted by Gasteiger charge is 2.26. The molecule has 22 heavy (non-hydrogen) atoms. The largest absolute Gasteiger partial charge is 0.326 e. The SMILES string of the molecule is CC(=O)c1ccc(NC(=O)[C@H]2CCCc3ccccc32)cc1. The van der Waals surface area contributed by atoms with Crippen LogP contribution in [0.25, 0.3) is 0 Å². The molecule has 0 aromatic heterocycles. The molecule has 0 spiro atoms. The van der Waals surface area contributed by atoms with Gasteiger partial charge < -0.3 is 5.32 Å². The highest BCUT2D eigenvalue weighted by atomic mass is 16.2. The molecule has 2 aromatic carbocycles. The van der Waals surface area contributed by atoms with Crippen molar-refractivity contribution < 1.29 is 9.59 Å². The van der Waals surface area contributed by atoms with Gasteiger partial charge in [0.05, 0.1) is 5.92 Å². The van der Waals surface area contributed by atoms with Crippen molar-refractivity contribution in [2.75, 3.05) is 5.32 Å². The van der Waals surface area contributed by atoms with Crippen LogP contribution in [0.3, 0.4) is 0 Å². The van der Waals surface area contributed by atoms with Crippen molar-refractivity contribution in [2.24, 2.45) is 0 Å². The summed E-state index contributed by atoms with van der Waals surface area (Å²) in [6, 6.07) is 15.2. The lowest BCUT2D eigenvalue weighted by Crippen LogP contribution is -2.24. The van der Waals surface area contributed by atoms with E-state index in [9.17, 15) is 9.59 Å². The molecule has 0 unspecified atom stereocenters. The van der Waals surface area contributed by atoms with Crippen molar-refractivity contribution in [3.05, 3.63) is 65.2 Å². The number of carbonyl (C=O) groups excluding carboxylic acids is 2. The van der Waals surface area contributed by atoms with E-state index >= 15 is 0 Å². The van der Waals surface area contributed by atoms with Gasteiger partial charge in [-0.3, -0.25) is 9.59 Å². The molecule has 1 N–H and O–H groups in total. The predicted molar refractivity (Wildman–Crippen MR) is 87.2 cm³/mol. The van der Waals surface area contributed by atoms with Crippen LogP contribution < -0.4 is 5.32 Å². The number of hydrogen-bond donors (Lipinski definition) is 1. The van der Waals surface area contributed by atoms with E-state index in [-0.39, 0.29) is 17.6 Å². The molecule has 1 atom stereocenters. The zero-order valence-corrected chi connectivity index (χ0v) is 12.6. The third-order valence-corrected chi connectivity index (χ3v) is 4.24. The summed E-state index contributed by atoms with van der Waals surface area (Å²) in [6.07, 6.45) is 2.97. The number of carbonyl (C=O) groups is 2. The summed E-state index contributed by atoms with van der Waals surface area (Å²) in [6.45, 7) is 1.53. The maximum absolute atomic E-state index is 12.6. The van der Waals surface area contributed by atoms with Crippen molar-refractivity contribution in [2.45, 2.75) is 32.1 Å². The second kappa shape index (κ2) is 6.14. The number of ketones is 1. The first-order valence-corrected chi connectivity index (χ1v) is 7.65. The minimum absolute atomic E-state index is 0.0269. The highest BCUT2D eigenvalue weighted by molar-refractivity contribution is 5.97. The van der Waals surface area contributed by atoms with E-state index in [0.29, 0.717) is 5.56 Å². The first-order valence-electron chi connectivity index (χ1n) is 7.65. The van der Waals surface area contributed by atoms with E-state index in [1.807, 2.05) is 12.1 Å². The average molecular weight is 293 g/mol. The van der Waals surface area contributed by atoms with Crippen molar-refractivity contribution in [1.82, 2.24) is 0 Å². The number of hydrogen-bond acceptors (Lipinski definition) is 2. The van der Waals surface area contributed by atoms with Gasteiger partial charge in [0.15, 0.2) is 5.78 Å². The van der Waals surface area contributed by atoms with Crippen LogP contribution in [0.2, 0.25) is 0 Å². The van der Waals surface area contributed by atoms with E-state index < -0.39 is 0 Å². The summed E-state index contributed by atoms with van der Waals surface area (Å²) >= 11 is 0. The molecule has 0 saturated heterocycles. The van der Waals surface area contributed by atoms with Crippen LogP contribution in [0.15, 0.2) is 48.5 Å². The number of fused-ring (bicyclic) bond motifs is 1. The van der Waals surface area contributed by atoms with Gasteiger partial charge in [-0.15, -0.1) is 0 Å². The molecule has 112 valence electrons. The Morgan fingerprint density at radius 3 is 2.50 bits per heavy atom. The number of benzene rings is 2. The van der Waals surface area contributed by atoms with Crippen LogP contribution in [0, 0.1) is 0 Å². The third kappa shape index (κ3) is 2.93. The molecule has 3 nitrogen and oxygen atoms in total. The van der Waals surface area contributed by atoms with Gasteiger partial charge in [0.25, 0.3) is 0 Å². The van der Waals surface area contributed by atoms with Crippen LogP contribution in [-0.2, 0) is 11.2 Å². The Kier molecular flexibility index (Phi) is 4.05. The summed E-state index contributed by atoms with van der Waals surface area (Å²) in [7, 11) is 0. The Morgan fingerprint density at radius 2 is 1.77 bits per heavy atom. The minimum atomic E-state index is -0.0857. The molecule has 3 rings (SSSR count). The molecule has 0 radical (unpaired) electrons. The Bertz CT molecular complexity index is 704. The second-order valence-electron chi connectivity index (χ2n) is 5.77. The van der Waals surface area contributed by atoms with E-state index in [2.05, 4.69) is 17.4 Å². The maximum atomic E-state index is 12.6. The fourth-order valence-electron chi connectivity index (χ4n) is 3.04. The van der Waals surface area contributed by atoms with Crippen molar-refractivity contribution in [1.29, 1.82) is 0 Å². The molecule has 0 saturated carbocycles. The number of amides is 1. The van der Waals surface area contributed by atoms with Crippen molar-refractivity contribution in [3.63, 3.8) is 0 Å². The molecule has 0 heterocycles. The number of anilines is 1. The van der Waals surface area contributed by atoms with Gasteiger partial charge in [-0.05, 0) is 61.6 Å². The monoisotopic (exact) mass is 293 g/mol. The summed E-state index contributed by atoms with van der Waals surface area (Å²) in [5, 5.41) is 2.97. The Labute approximate surface area is 130 Å². The Morgan fingerprint density at radius 1 is 1.05 bits per heavy atom. The van der Waals surface area contributed by atoms with E-state index in [1.165, 1.54) is 12.5 Å². The maximum Gasteiger partial charge on any atom is 0.231 e. The van der Waals surface area contributed by atoms with Gasteiger partial charge in [-0.1, -0.05) is 24.3 Å². The lowest BCUT2D eigenvalue weighted by atomic mass is 9.82. The standard InChI is InChI=1S/C19H19NO2/c1-13(21)14-9-11-16(12-10-14)20-19(22)18-8-4-6-15-5-2-3-7-17(15)18/h2-3,5,7,9-12,18H,4,6,8H2,1H3,(H,20,22)/t18-/m0/s1. The molecule has 0 fully saturated rings. The molecule has 1 aliphatic rings. The first-order chi connectivity index (χ1) is 10.6. The molecule has 2 aromatic rings. The Hall–Kier alpha value is -2.42. The third-order valence-electron chi connectivity index (χ3n) is 4.24. The molecule has 0 aliphatic heterocycles. The summed E-state index contributed by atoms with van der Waals surface area (Å²) in [4.78, 5) is 23.8. The van der Waals surface area contributed by atoms with Gasteiger partial charge in [0.2, 0.25) is 5.91 Å². The molecule has 3 heteroatoms. The van der Waals surface area contributed by atoms with E-state index in [4.69, 9.17) is 0 Å². The van der Waals surface area contributed by atoms with Gasteiger partial charge in [-0.2, -0.15) is 0 Å². The van der Waals surface area contributed by atoms with Gasteiger partial charge in [0.1, 0.15) is 0 Å².